The lowest BCUT2D eigenvalue weighted by Crippen LogP contribution is -2.34. The molecule has 0 saturated heterocycles. The van der Waals surface area contributed by atoms with Gasteiger partial charge in [0.1, 0.15) is 17.2 Å². The van der Waals surface area contributed by atoms with Crippen molar-refractivity contribution in [2.75, 3.05) is 20.0 Å². The van der Waals surface area contributed by atoms with Gasteiger partial charge in [-0.1, -0.05) is 42.1 Å². The molecule has 0 bridgehead atoms. The van der Waals surface area contributed by atoms with Crippen LogP contribution in [-0.4, -0.2) is 57.0 Å². The molecule has 1 amide bonds. The first kappa shape index (κ1) is 20.2. The fraction of sp³-hybridized carbons (Fsp3) is 0.333. The molecule has 2 aromatic carbocycles. The Morgan fingerprint density at radius 3 is 2.67 bits per heavy atom. The van der Waals surface area contributed by atoms with Crippen molar-refractivity contribution < 1.29 is 14.3 Å². The Kier molecular flexibility index (Phi) is 6.18. The van der Waals surface area contributed by atoms with Gasteiger partial charge < -0.3 is 14.4 Å². The number of carbonyl (C=O) groups is 1. The minimum absolute atomic E-state index is 0.0820. The van der Waals surface area contributed by atoms with Gasteiger partial charge >= 0.3 is 0 Å². The zero-order valence-corrected chi connectivity index (χ0v) is 17.7. The Balaban J connectivity index is 1.48. The topological polar surface area (TPSA) is 82.4 Å². The van der Waals surface area contributed by atoms with E-state index in [1.54, 1.807) is 37.1 Å². The Labute approximate surface area is 179 Å². The summed E-state index contributed by atoms with van der Waals surface area (Å²) in [6, 6.07) is 15.8. The number of ether oxygens (including phenoxy) is 2. The number of aromatic nitrogens is 4. The number of methoxy groups -OCH3 is 2. The van der Waals surface area contributed by atoms with Crippen LogP contribution in [0.1, 0.15) is 18.4 Å². The van der Waals surface area contributed by atoms with Crippen LogP contribution in [0.2, 0.25) is 0 Å². The molecule has 3 aromatic rings. The monoisotopic (exact) mass is 425 g/mol. The number of carbonyl (C=O) groups excluding carboxylic acids is 1. The Hall–Kier alpha value is -3.07. The van der Waals surface area contributed by atoms with Crippen LogP contribution in [0.3, 0.4) is 0 Å². The van der Waals surface area contributed by atoms with Gasteiger partial charge in [-0.15, -0.1) is 5.10 Å². The normalized spacial score (nSPS) is 13.1. The van der Waals surface area contributed by atoms with Gasteiger partial charge in [-0.3, -0.25) is 4.79 Å². The summed E-state index contributed by atoms with van der Waals surface area (Å²) in [5.74, 6) is 1.62. The largest absolute Gasteiger partial charge is 0.497 e. The predicted molar refractivity (Wildman–Crippen MR) is 113 cm³/mol. The molecule has 156 valence electrons. The second-order valence-corrected chi connectivity index (χ2v) is 7.88. The van der Waals surface area contributed by atoms with E-state index >= 15 is 0 Å². The number of amides is 1. The molecule has 0 unspecified atom stereocenters. The van der Waals surface area contributed by atoms with Gasteiger partial charge in [-0.2, -0.15) is 4.68 Å². The highest BCUT2D eigenvalue weighted by atomic mass is 32.2. The van der Waals surface area contributed by atoms with Gasteiger partial charge in [-0.05, 0) is 41.0 Å². The molecule has 0 aliphatic heterocycles. The predicted octanol–water partition coefficient (Wildman–Crippen LogP) is 2.96. The van der Waals surface area contributed by atoms with E-state index in [1.165, 1.54) is 11.8 Å². The maximum absolute atomic E-state index is 13.0. The fourth-order valence-electron chi connectivity index (χ4n) is 3.18. The highest BCUT2D eigenvalue weighted by molar-refractivity contribution is 7.99. The van der Waals surface area contributed by atoms with Crippen molar-refractivity contribution in [1.82, 2.24) is 25.1 Å². The molecular weight excluding hydrogens is 402 g/mol. The summed E-state index contributed by atoms with van der Waals surface area (Å²) in [6.45, 7) is 0.625. The van der Waals surface area contributed by atoms with Crippen molar-refractivity contribution in [3.05, 3.63) is 54.1 Å². The molecule has 0 N–H and O–H groups in total. The standard InChI is InChI=1S/C21H23N5O3S/c1-28-17-10-11-19(29-2)18(12-17)26-21(22-23-24-26)30-14-20(27)25(16-8-9-16)13-15-6-4-3-5-7-15/h3-7,10-12,16H,8-9,13-14H2,1-2H3. The summed E-state index contributed by atoms with van der Waals surface area (Å²) in [5.41, 5.74) is 1.79. The average Bonchev–Trinajstić information content (AvgIpc) is 3.53. The maximum Gasteiger partial charge on any atom is 0.233 e. The quantitative estimate of drug-likeness (QED) is 0.488. The number of hydrogen-bond acceptors (Lipinski definition) is 7. The highest BCUT2D eigenvalue weighted by Gasteiger charge is 2.32. The number of benzene rings is 2. The molecule has 0 radical (unpaired) electrons. The average molecular weight is 426 g/mol. The van der Waals surface area contributed by atoms with Crippen molar-refractivity contribution in [3.8, 4) is 17.2 Å². The van der Waals surface area contributed by atoms with Crippen LogP contribution >= 0.6 is 11.8 Å². The summed E-state index contributed by atoms with van der Waals surface area (Å²) in [6.07, 6.45) is 2.12. The van der Waals surface area contributed by atoms with Gasteiger partial charge in [-0.25, -0.2) is 0 Å². The second-order valence-electron chi connectivity index (χ2n) is 6.94. The van der Waals surface area contributed by atoms with E-state index in [4.69, 9.17) is 9.47 Å². The lowest BCUT2D eigenvalue weighted by atomic mass is 10.2. The van der Waals surface area contributed by atoms with Crippen LogP contribution in [0.15, 0.2) is 53.7 Å². The minimum atomic E-state index is 0.0820. The van der Waals surface area contributed by atoms with Crippen molar-refractivity contribution >= 4 is 17.7 Å². The summed E-state index contributed by atoms with van der Waals surface area (Å²) >= 11 is 1.31. The number of hydrogen-bond donors (Lipinski definition) is 0. The Bertz CT molecular complexity index is 1010. The van der Waals surface area contributed by atoms with Crippen LogP contribution < -0.4 is 9.47 Å². The third-order valence-corrected chi connectivity index (χ3v) is 5.79. The van der Waals surface area contributed by atoms with Crippen LogP contribution in [0.5, 0.6) is 11.5 Å². The molecule has 1 aliphatic rings. The maximum atomic E-state index is 13.0. The molecule has 1 saturated carbocycles. The van der Waals surface area contributed by atoms with E-state index in [9.17, 15) is 4.79 Å². The minimum Gasteiger partial charge on any atom is -0.497 e. The molecule has 8 nitrogen and oxygen atoms in total. The van der Waals surface area contributed by atoms with Crippen LogP contribution in [0.25, 0.3) is 5.69 Å². The zero-order chi connectivity index (χ0) is 20.9. The van der Waals surface area contributed by atoms with E-state index < -0.39 is 0 Å². The molecule has 4 rings (SSSR count). The second kappa shape index (κ2) is 9.17. The van der Waals surface area contributed by atoms with Gasteiger partial charge in [0.2, 0.25) is 11.1 Å². The van der Waals surface area contributed by atoms with E-state index in [-0.39, 0.29) is 11.7 Å². The number of thioether (sulfide) groups is 1. The molecule has 0 atom stereocenters. The molecule has 0 spiro atoms. The molecule has 30 heavy (non-hydrogen) atoms. The van der Waals surface area contributed by atoms with Crippen molar-refractivity contribution in [2.24, 2.45) is 0 Å². The molecule has 1 aromatic heterocycles. The van der Waals surface area contributed by atoms with Gasteiger partial charge in [0.15, 0.2) is 0 Å². The van der Waals surface area contributed by atoms with Crippen LogP contribution in [-0.2, 0) is 11.3 Å². The Morgan fingerprint density at radius 2 is 1.97 bits per heavy atom. The lowest BCUT2D eigenvalue weighted by molar-refractivity contribution is -0.129. The van der Waals surface area contributed by atoms with Crippen molar-refractivity contribution in [1.29, 1.82) is 0 Å². The first-order valence-electron chi connectivity index (χ1n) is 9.66. The highest BCUT2D eigenvalue weighted by Crippen LogP contribution is 2.31. The molecule has 1 fully saturated rings. The molecule has 1 aliphatic carbocycles. The van der Waals surface area contributed by atoms with E-state index in [0.717, 1.165) is 18.4 Å². The molecule has 9 heteroatoms. The van der Waals surface area contributed by atoms with E-state index in [2.05, 4.69) is 15.5 Å². The Morgan fingerprint density at radius 1 is 1.17 bits per heavy atom. The summed E-state index contributed by atoms with van der Waals surface area (Å²) < 4.78 is 12.3. The number of tetrazole rings is 1. The summed E-state index contributed by atoms with van der Waals surface area (Å²) in [5, 5.41) is 12.5. The van der Waals surface area contributed by atoms with Crippen LogP contribution in [0.4, 0.5) is 0 Å². The SMILES string of the molecule is COc1ccc(OC)c(-n2nnnc2SCC(=O)N(Cc2ccccc2)C2CC2)c1. The first-order chi connectivity index (χ1) is 14.7. The fourth-order valence-corrected chi connectivity index (χ4v) is 3.95. The van der Waals surface area contributed by atoms with Gasteiger partial charge in [0, 0.05) is 18.7 Å². The first-order valence-corrected chi connectivity index (χ1v) is 10.6. The van der Waals surface area contributed by atoms with Crippen molar-refractivity contribution in [3.63, 3.8) is 0 Å². The van der Waals surface area contributed by atoms with E-state index in [1.807, 2.05) is 35.2 Å². The number of nitrogens with zero attached hydrogens (tertiary/aromatic N) is 5. The lowest BCUT2D eigenvalue weighted by Gasteiger charge is -2.22. The third-order valence-electron chi connectivity index (χ3n) is 4.88. The smallest absolute Gasteiger partial charge is 0.233 e. The molecular formula is C21H23N5O3S. The summed E-state index contributed by atoms with van der Waals surface area (Å²) in [7, 11) is 3.18. The number of rotatable bonds is 9. The van der Waals surface area contributed by atoms with Gasteiger partial charge in [0.25, 0.3) is 0 Å². The van der Waals surface area contributed by atoms with E-state index in [0.29, 0.717) is 34.9 Å². The molecule has 1 heterocycles. The van der Waals surface area contributed by atoms with Gasteiger partial charge in [0.05, 0.1) is 20.0 Å². The van der Waals surface area contributed by atoms with Crippen LogP contribution in [0, 0.1) is 0 Å². The zero-order valence-electron chi connectivity index (χ0n) is 16.9. The van der Waals surface area contributed by atoms with Crippen molar-refractivity contribution in [2.45, 2.75) is 30.6 Å². The summed E-state index contributed by atoms with van der Waals surface area (Å²) in [4.78, 5) is 14.9. The third kappa shape index (κ3) is 4.56.